The molecular formula is C27H22N4O2S. The fraction of sp³-hybridized carbons (Fsp3) is 0.148. The number of aromatic nitrogens is 3. The third-order valence-electron chi connectivity index (χ3n) is 6.07. The monoisotopic (exact) mass is 466 g/mol. The molecule has 3 aromatic carbocycles. The van der Waals surface area contributed by atoms with Crippen LogP contribution in [0.1, 0.15) is 29.0 Å². The van der Waals surface area contributed by atoms with Gasteiger partial charge in [0.15, 0.2) is 0 Å². The first-order chi connectivity index (χ1) is 16.7. The molecule has 7 heteroatoms. The molecule has 0 saturated carbocycles. The number of carbonyl (C=O) groups excluding carboxylic acids is 1. The van der Waals surface area contributed by atoms with Crippen molar-refractivity contribution in [2.45, 2.75) is 18.8 Å². The molecule has 2 aromatic heterocycles. The van der Waals surface area contributed by atoms with Crippen molar-refractivity contribution in [3.05, 3.63) is 102 Å². The molecule has 0 aliphatic carbocycles. The molecule has 168 valence electrons. The predicted molar refractivity (Wildman–Crippen MR) is 134 cm³/mol. The number of hydrogen-bond donors (Lipinski definition) is 1. The molecule has 1 atom stereocenters. The highest BCUT2D eigenvalue weighted by Crippen LogP contribution is 2.39. The van der Waals surface area contributed by atoms with Crippen molar-refractivity contribution < 1.29 is 9.53 Å². The number of rotatable bonds is 6. The SMILES string of the molecule is O=C1C[C@H](c2ccc(OCCc3ccccc3)cc2)c2cnn(-c3nc4ccccc4s3)c2N1. The van der Waals surface area contributed by atoms with Gasteiger partial charge >= 0.3 is 0 Å². The first-order valence-corrected chi connectivity index (χ1v) is 12.1. The maximum Gasteiger partial charge on any atom is 0.226 e. The molecule has 1 amide bonds. The second kappa shape index (κ2) is 8.76. The Bertz CT molecular complexity index is 1420. The van der Waals surface area contributed by atoms with Crippen molar-refractivity contribution in [2.75, 3.05) is 11.9 Å². The normalized spacial score (nSPS) is 15.2. The molecule has 1 aliphatic heterocycles. The first-order valence-electron chi connectivity index (χ1n) is 11.2. The molecule has 0 bridgehead atoms. The van der Waals surface area contributed by atoms with E-state index in [1.807, 2.05) is 72.9 Å². The van der Waals surface area contributed by atoms with Crippen LogP contribution < -0.4 is 10.1 Å². The van der Waals surface area contributed by atoms with Crippen molar-refractivity contribution >= 4 is 33.3 Å². The van der Waals surface area contributed by atoms with Crippen molar-refractivity contribution in [3.8, 4) is 10.9 Å². The topological polar surface area (TPSA) is 69.0 Å². The minimum Gasteiger partial charge on any atom is -0.493 e. The van der Waals surface area contributed by atoms with E-state index in [0.717, 1.165) is 38.6 Å². The van der Waals surface area contributed by atoms with Gasteiger partial charge in [-0.3, -0.25) is 4.79 Å². The van der Waals surface area contributed by atoms with Gasteiger partial charge in [0, 0.05) is 24.3 Å². The number of hydrogen-bond acceptors (Lipinski definition) is 5. The molecule has 0 spiro atoms. The molecule has 3 heterocycles. The Balaban J connectivity index is 1.22. The number of carbonyl (C=O) groups is 1. The lowest BCUT2D eigenvalue weighted by atomic mass is 9.87. The Morgan fingerprint density at radius 3 is 2.62 bits per heavy atom. The summed E-state index contributed by atoms with van der Waals surface area (Å²) in [6.45, 7) is 0.619. The van der Waals surface area contributed by atoms with Gasteiger partial charge in [0.1, 0.15) is 11.6 Å². The number of para-hydroxylation sites is 1. The maximum absolute atomic E-state index is 12.6. The summed E-state index contributed by atoms with van der Waals surface area (Å²) in [5, 5.41) is 8.34. The molecule has 34 heavy (non-hydrogen) atoms. The third kappa shape index (κ3) is 3.95. The molecule has 5 aromatic rings. The molecule has 0 radical (unpaired) electrons. The van der Waals surface area contributed by atoms with Crippen LogP contribution in [-0.2, 0) is 11.2 Å². The van der Waals surface area contributed by atoms with E-state index in [-0.39, 0.29) is 11.8 Å². The summed E-state index contributed by atoms with van der Waals surface area (Å²) in [6, 6.07) is 26.3. The van der Waals surface area contributed by atoms with Gasteiger partial charge in [-0.1, -0.05) is 65.9 Å². The largest absolute Gasteiger partial charge is 0.493 e. The summed E-state index contributed by atoms with van der Waals surface area (Å²) in [7, 11) is 0. The van der Waals surface area contributed by atoms with Crippen LogP contribution in [0.15, 0.2) is 85.1 Å². The fourth-order valence-electron chi connectivity index (χ4n) is 4.34. The summed E-state index contributed by atoms with van der Waals surface area (Å²) < 4.78 is 8.76. The first kappa shape index (κ1) is 20.6. The van der Waals surface area contributed by atoms with Crippen molar-refractivity contribution in [2.24, 2.45) is 0 Å². The van der Waals surface area contributed by atoms with Crippen LogP contribution in [-0.4, -0.2) is 27.3 Å². The van der Waals surface area contributed by atoms with Crippen molar-refractivity contribution in [3.63, 3.8) is 0 Å². The standard InChI is InChI=1S/C27H22N4O2S/c32-25-16-21(19-10-12-20(13-11-19)33-15-14-18-6-2-1-3-7-18)22-17-28-31(26(22)30-25)27-29-23-8-4-5-9-24(23)34-27/h1-13,17,21H,14-16H2,(H,30,32)/t21-/m1/s1. The third-order valence-corrected chi connectivity index (χ3v) is 7.08. The van der Waals surface area contributed by atoms with E-state index >= 15 is 0 Å². The van der Waals surface area contributed by atoms with E-state index in [0.29, 0.717) is 18.8 Å². The lowest BCUT2D eigenvalue weighted by Gasteiger charge is -2.23. The van der Waals surface area contributed by atoms with Crippen molar-refractivity contribution in [1.29, 1.82) is 0 Å². The molecular weight excluding hydrogens is 444 g/mol. The quantitative estimate of drug-likeness (QED) is 0.355. The molecule has 6 rings (SSSR count). The van der Waals surface area contributed by atoms with Gasteiger partial charge in [0.25, 0.3) is 0 Å². The van der Waals surface area contributed by atoms with Gasteiger partial charge in [0.2, 0.25) is 11.0 Å². The second-order valence-electron chi connectivity index (χ2n) is 8.28. The zero-order chi connectivity index (χ0) is 22.9. The Morgan fingerprint density at radius 2 is 1.79 bits per heavy atom. The van der Waals surface area contributed by atoms with Crippen LogP contribution >= 0.6 is 11.3 Å². The zero-order valence-electron chi connectivity index (χ0n) is 18.3. The number of nitrogens with one attached hydrogen (secondary N) is 1. The molecule has 1 aliphatic rings. The second-order valence-corrected chi connectivity index (χ2v) is 9.29. The Morgan fingerprint density at radius 1 is 1.00 bits per heavy atom. The highest BCUT2D eigenvalue weighted by atomic mass is 32.1. The van der Waals surface area contributed by atoms with Crippen LogP contribution in [0.25, 0.3) is 15.3 Å². The average molecular weight is 467 g/mol. The van der Waals surface area contributed by atoms with Gasteiger partial charge in [0.05, 0.1) is 23.0 Å². The van der Waals surface area contributed by atoms with Crippen molar-refractivity contribution in [1.82, 2.24) is 14.8 Å². The van der Waals surface area contributed by atoms with E-state index in [2.05, 4.69) is 22.5 Å². The number of benzene rings is 3. The van der Waals surface area contributed by atoms with Crippen LogP contribution in [0.5, 0.6) is 5.75 Å². The molecule has 1 N–H and O–H groups in total. The van der Waals surface area contributed by atoms with E-state index in [1.165, 1.54) is 5.56 Å². The maximum atomic E-state index is 12.6. The van der Waals surface area contributed by atoms with Crippen LogP contribution in [0, 0.1) is 0 Å². The zero-order valence-corrected chi connectivity index (χ0v) is 19.2. The smallest absolute Gasteiger partial charge is 0.226 e. The Labute approximate surface area is 200 Å². The van der Waals surface area contributed by atoms with E-state index < -0.39 is 0 Å². The number of thiazole rings is 1. The summed E-state index contributed by atoms with van der Waals surface area (Å²) in [4.78, 5) is 17.3. The highest BCUT2D eigenvalue weighted by molar-refractivity contribution is 7.20. The summed E-state index contributed by atoms with van der Waals surface area (Å²) >= 11 is 1.56. The van der Waals surface area contributed by atoms with Crippen LogP contribution in [0.2, 0.25) is 0 Å². The fourth-order valence-corrected chi connectivity index (χ4v) is 5.27. The molecule has 0 fully saturated rings. The molecule has 6 nitrogen and oxygen atoms in total. The lowest BCUT2D eigenvalue weighted by Crippen LogP contribution is -2.24. The highest BCUT2D eigenvalue weighted by Gasteiger charge is 2.31. The number of anilines is 1. The molecule has 0 saturated heterocycles. The number of nitrogens with zero attached hydrogens (tertiary/aromatic N) is 3. The van der Waals surface area contributed by atoms with Gasteiger partial charge < -0.3 is 10.1 Å². The van der Waals surface area contributed by atoms with Gasteiger partial charge in [-0.15, -0.1) is 0 Å². The summed E-state index contributed by atoms with van der Waals surface area (Å²) in [6.07, 6.45) is 3.09. The van der Waals surface area contributed by atoms with Gasteiger partial charge in [-0.25, -0.2) is 4.98 Å². The van der Waals surface area contributed by atoms with E-state index in [9.17, 15) is 4.79 Å². The van der Waals surface area contributed by atoms with E-state index in [4.69, 9.17) is 9.72 Å². The minimum atomic E-state index is -0.0646. The summed E-state index contributed by atoms with van der Waals surface area (Å²) in [5.41, 5.74) is 4.24. The van der Waals surface area contributed by atoms with Gasteiger partial charge in [-0.2, -0.15) is 9.78 Å². The minimum absolute atomic E-state index is 0.0245. The lowest BCUT2D eigenvalue weighted by molar-refractivity contribution is -0.116. The van der Waals surface area contributed by atoms with Crippen LogP contribution in [0.4, 0.5) is 5.82 Å². The number of amides is 1. The average Bonchev–Trinajstić information content (AvgIpc) is 3.48. The predicted octanol–water partition coefficient (Wildman–Crippen LogP) is 5.58. The Kier molecular flexibility index (Phi) is 5.31. The van der Waals surface area contributed by atoms with Gasteiger partial charge in [-0.05, 0) is 35.4 Å². The van der Waals surface area contributed by atoms with E-state index in [1.54, 1.807) is 16.0 Å². The number of ether oxygens (including phenoxy) is 1. The van der Waals surface area contributed by atoms with Crippen LogP contribution in [0.3, 0.4) is 0 Å². The Hall–Kier alpha value is -3.97. The summed E-state index contributed by atoms with van der Waals surface area (Å²) in [5.74, 6) is 1.43. The number of fused-ring (bicyclic) bond motifs is 2. The molecule has 0 unspecified atom stereocenters.